The van der Waals surface area contributed by atoms with E-state index in [0.29, 0.717) is 12.2 Å². The number of carboxylic acids is 1. The molecule has 0 atom stereocenters. The third-order valence-corrected chi connectivity index (χ3v) is 1.89. The number of ether oxygens (including phenoxy) is 1. The van der Waals surface area contributed by atoms with Crippen molar-refractivity contribution >= 4 is 11.9 Å². The van der Waals surface area contributed by atoms with Gasteiger partial charge >= 0.3 is 5.97 Å². The molecular formula is C13H18O4. The first-order valence-corrected chi connectivity index (χ1v) is 5.47. The Hall–Kier alpha value is -1.84. The molecule has 1 aromatic rings. The van der Waals surface area contributed by atoms with Gasteiger partial charge in [-0.25, -0.2) is 4.79 Å². The van der Waals surface area contributed by atoms with Crippen LogP contribution in [-0.4, -0.2) is 23.7 Å². The molecule has 0 aliphatic rings. The van der Waals surface area contributed by atoms with E-state index in [0.717, 1.165) is 18.9 Å². The number of rotatable bonds is 3. The fourth-order valence-electron chi connectivity index (χ4n) is 1.24. The highest BCUT2D eigenvalue weighted by Gasteiger charge is 2.09. The van der Waals surface area contributed by atoms with Gasteiger partial charge in [-0.2, -0.15) is 0 Å². The van der Waals surface area contributed by atoms with Crippen LogP contribution in [0.1, 0.15) is 36.7 Å². The number of carbonyl (C=O) groups is 2. The highest BCUT2D eigenvalue weighted by Crippen LogP contribution is 2.10. The standard InChI is InChI=1S/C11H14O2.C2H4O2/c1-3-9-7-5-6-8-10(9)11(12)13-4-2;1-2(3)4/h5-8H,3-4H2,1-2H3;1H3,(H,3,4). The predicted octanol–water partition coefficient (Wildman–Crippen LogP) is 2.52. The minimum absolute atomic E-state index is 0.222. The molecule has 0 bridgehead atoms. The Morgan fingerprint density at radius 2 is 1.76 bits per heavy atom. The first-order chi connectivity index (χ1) is 8.02. The fourth-order valence-corrected chi connectivity index (χ4v) is 1.24. The van der Waals surface area contributed by atoms with Crippen LogP contribution in [0.25, 0.3) is 0 Å². The molecule has 0 heterocycles. The lowest BCUT2D eigenvalue weighted by atomic mass is 10.1. The second-order valence-corrected chi connectivity index (χ2v) is 3.25. The van der Waals surface area contributed by atoms with Crippen LogP contribution >= 0.6 is 0 Å². The van der Waals surface area contributed by atoms with Crippen LogP contribution in [0.5, 0.6) is 0 Å². The van der Waals surface area contributed by atoms with Gasteiger partial charge in [-0.3, -0.25) is 4.79 Å². The zero-order valence-electron chi connectivity index (χ0n) is 10.4. The summed E-state index contributed by atoms with van der Waals surface area (Å²) in [7, 11) is 0. The zero-order valence-corrected chi connectivity index (χ0v) is 10.4. The highest BCUT2D eigenvalue weighted by molar-refractivity contribution is 5.91. The molecule has 1 N–H and O–H groups in total. The smallest absolute Gasteiger partial charge is 0.338 e. The number of esters is 1. The molecule has 0 fully saturated rings. The van der Waals surface area contributed by atoms with E-state index in [-0.39, 0.29) is 5.97 Å². The van der Waals surface area contributed by atoms with Gasteiger partial charge in [0.2, 0.25) is 0 Å². The predicted molar refractivity (Wildman–Crippen MR) is 65.1 cm³/mol. The second-order valence-electron chi connectivity index (χ2n) is 3.25. The van der Waals surface area contributed by atoms with Crippen molar-refractivity contribution in [2.24, 2.45) is 0 Å². The van der Waals surface area contributed by atoms with Gasteiger partial charge in [-0.05, 0) is 25.0 Å². The van der Waals surface area contributed by atoms with Crippen LogP contribution < -0.4 is 0 Å². The van der Waals surface area contributed by atoms with Crippen LogP contribution in [0, 0.1) is 0 Å². The molecule has 0 saturated heterocycles. The molecule has 0 amide bonds. The SMILES string of the molecule is CC(=O)O.CCOC(=O)c1ccccc1CC. The van der Waals surface area contributed by atoms with Crippen LogP contribution in [0.4, 0.5) is 0 Å². The first kappa shape index (κ1) is 15.2. The molecule has 0 spiro atoms. The lowest BCUT2D eigenvalue weighted by Gasteiger charge is -2.05. The second kappa shape index (κ2) is 8.33. The van der Waals surface area contributed by atoms with Gasteiger partial charge < -0.3 is 9.84 Å². The van der Waals surface area contributed by atoms with Crippen LogP contribution in [-0.2, 0) is 16.0 Å². The zero-order chi connectivity index (χ0) is 13.3. The lowest BCUT2D eigenvalue weighted by molar-refractivity contribution is -0.134. The quantitative estimate of drug-likeness (QED) is 0.822. The van der Waals surface area contributed by atoms with E-state index in [1.54, 1.807) is 6.07 Å². The molecular weight excluding hydrogens is 220 g/mol. The number of hydrogen-bond acceptors (Lipinski definition) is 3. The summed E-state index contributed by atoms with van der Waals surface area (Å²) >= 11 is 0. The van der Waals surface area contributed by atoms with Gasteiger partial charge in [-0.15, -0.1) is 0 Å². The van der Waals surface area contributed by atoms with Crippen LogP contribution in [0.3, 0.4) is 0 Å². The Labute approximate surface area is 101 Å². The Morgan fingerprint density at radius 1 is 1.24 bits per heavy atom. The number of aryl methyl sites for hydroxylation is 1. The van der Waals surface area contributed by atoms with Crippen molar-refractivity contribution < 1.29 is 19.4 Å². The van der Waals surface area contributed by atoms with Crippen LogP contribution in [0.15, 0.2) is 24.3 Å². The van der Waals surface area contributed by atoms with E-state index in [1.807, 2.05) is 32.0 Å². The summed E-state index contributed by atoms with van der Waals surface area (Å²) in [5.41, 5.74) is 1.73. The average Bonchev–Trinajstić information content (AvgIpc) is 2.28. The Kier molecular flexibility index (Phi) is 7.43. The van der Waals surface area contributed by atoms with Gasteiger partial charge in [0.15, 0.2) is 0 Å². The number of hydrogen-bond donors (Lipinski definition) is 1. The molecule has 0 aliphatic heterocycles. The molecule has 0 saturated carbocycles. The lowest BCUT2D eigenvalue weighted by Crippen LogP contribution is -2.07. The Balaban J connectivity index is 0.000000557. The molecule has 0 aliphatic carbocycles. The normalized spacial score (nSPS) is 8.88. The highest BCUT2D eigenvalue weighted by atomic mass is 16.5. The molecule has 0 radical (unpaired) electrons. The maximum Gasteiger partial charge on any atom is 0.338 e. The monoisotopic (exact) mass is 238 g/mol. The van der Waals surface area contributed by atoms with Crippen molar-refractivity contribution in [3.8, 4) is 0 Å². The molecule has 0 unspecified atom stereocenters. The largest absolute Gasteiger partial charge is 0.481 e. The van der Waals surface area contributed by atoms with E-state index in [2.05, 4.69) is 0 Å². The van der Waals surface area contributed by atoms with E-state index in [1.165, 1.54) is 0 Å². The van der Waals surface area contributed by atoms with Crippen molar-refractivity contribution in [3.63, 3.8) is 0 Å². The van der Waals surface area contributed by atoms with Crippen molar-refractivity contribution in [2.45, 2.75) is 27.2 Å². The first-order valence-electron chi connectivity index (χ1n) is 5.47. The van der Waals surface area contributed by atoms with Crippen LogP contribution in [0.2, 0.25) is 0 Å². The minimum atomic E-state index is -0.833. The number of benzene rings is 1. The average molecular weight is 238 g/mol. The van der Waals surface area contributed by atoms with E-state index >= 15 is 0 Å². The van der Waals surface area contributed by atoms with Gasteiger partial charge in [0.25, 0.3) is 5.97 Å². The molecule has 94 valence electrons. The summed E-state index contributed by atoms with van der Waals surface area (Å²) in [6.07, 6.45) is 0.856. The molecule has 1 aromatic carbocycles. The van der Waals surface area contributed by atoms with Crippen molar-refractivity contribution in [2.75, 3.05) is 6.61 Å². The fraction of sp³-hybridized carbons (Fsp3) is 0.385. The van der Waals surface area contributed by atoms with Gasteiger partial charge in [0, 0.05) is 6.92 Å². The Morgan fingerprint density at radius 3 is 2.24 bits per heavy atom. The van der Waals surface area contributed by atoms with Crippen molar-refractivity contribution in [1.82, 2.24) is 0 Å². The molecule has 17 heavy (non-hydrogen) atoms. The maximum atomic E-state index is 11.4. The van der Waals surface area contributed by atoms with E-state index in [9.17, 15) is 4.79 Å². The topological polar surface area (TPSA) is 63.6 Å². The number of carboxylic acid groups (broad SMARTS) is 1. The molecule has 1 rings (SSSR count). The third kappa shape index (κ3) is 6.35. The summed E-state index contributed by atoms with van der Waals surface area (Å²) in [6.45, 7) is 5.35. The molecule has 0 aromatic heterocycles. The van der Waals surface area contributed by atoms with Crippen molar-refractivity contribution in [3.05, 3.63) is 35.4 Å². The Bertz CT molecular complexity index is 367. The summed E-state index contributed by atoms with van der Waals surface area (Å²) in [6, 6.07) is 7.54. The van der Waals surface area contributed by atoms with E-state index < -0.39 is 5.97 Å². The number of aliphatic carboxylic acids is 1. The van der Waals surface area contributed by atoms with Gasteiger partial charge in [0.05, 0.1) is 12.2 Å². The van der Waals surface area contributed by atoms with Gasteiger partial charge in [0.1, 0.15) is 0 Å². The molecule has 4 heteroatoms. The summed E-state index contributed by atoms with van der Waals surface area (Å²) < 4.78 is 4.93. The maximum absolute atomic E-state index is 11.4. The summed E-state index contributed by atoms with van der Waals surface area (Å²) in [5, 5.41) is 7.42. The minimum Gasteiger partial charge on any atom is -0.481 e. The summed E-state index contributed by atoms with van der Waals surface area (Å²) in [4.78, 5) is 20.4. The summed E-state index contributed by atoms with van der Waals surface area (Å²) in [5.74, 6) is -1.06. The van der Waals surface area contributed by atoms with Crippen molar-refractivity contribution in [1.29, 1.82) is 0 Å². The number of carbonyl (C=O) groups excluding carboxylic acids is 1. The van der Waals surface area contributed by atoms with Gasteiger partial charge in [-0.1, -0.05) is 25.1 Å². The molecule has 4 nitrogen and oxygen atoms in total. The third-order valence-electron chi connectivity index (χ3n) is 1.89. The van der Waals surface area contributed by atoms with E-state index in [4.69, 9.17) is 14.6 Å².